The van der Waals surface area contributed by atoms with E-state index in [9.17, 15) is 14.4 Å². The molecule has 12 nitrogen and oxygen atoms in total. The van der Waals surface area contributed by atoms with Crippen LogP contribution in [0.5, 0.6) is 5.75 Å². The van der Waals surface area contributed by atoms with Crippen LogP contribution in [0, 0.1) is 0 Å². The quantitative estimate of drug-likeness (QED) is 0.277. The highest BCUT2D eigenvalue weighted by atomic mass is 16.5. The molecule has 6 rings (SSSR count). The molecule has 1 fully saturated rings. The molecule has 2 aliphatic rings. The number of nitrogens with zero attached hydrogens (tertiary/aromatic N) is 3. The van der Waals surface area contributed by atoms with E-state index in [0.29, 0.717) is 34.6 Å². The molecule has 0 bridgehead atoms. The average molecular weight is 542 g/mol. The van der Waals surface area contributed by atoms with Gasteiger partial charge in [-0.25, -0.2) is 9.97 Å². The number of hydrogen-bond acceptors (Lipinski definition) is 8. The summed E-state index contributed by atoms with van der Waals surface area (Å²) in [4.78, 5) is 51.2. The summed E-state index contributed by atoms with van der Waals surface area (Å²) >= 11 is 0. The summed E-state index contributed by atoms with van der Waals surface area (Å²) in [5.41, 5.74) is 4.59. The lowest BCUT2D eigenvalue weighted by molar-refractivity contribution is -0.118. The number of carbonyl (C=O) groups excluding carboxylic acids is 3. The highest BCUT2D eigenvalue weighted by Crippen LogP contribution is 2.28. The van der Waals surface area contributed by atoms with Crippen molar-refractivity contribution in [2.75, 3.05) is 43.1 Å². The predicted molar refractivity (Wildman–Crippen MR) is 146 cm³/mol. The molecular weight excluding hydrogens is 514 g/mol. The van der Waals surface area contributed by atoms with Crippen LogP contribution in [0.3, 0.4) is 0 Å². The van der Waals surface area contributed by atoms with Gasteiger partial charge >= 0.3 is 0 Å². The highest BCUT2D eigenvalue weighted by molar-refractivity contribution is 6.10. The van der Waals surface area contributed by atoms with Gasteiger partial charge < -0.3 is 35.3 Å². The Balaban J connectivity index is 1.09. The van der Waals surface area contributed by atoms with Gasteiger partial charge in [-0.1, -0.05) is 18.2 Å². The molecule has 0 radical (unpaired) electrons. The van der Waals surface area contributed by atoms with Crippen LogP contribution in [-0.4, -0.2) is 65.6 Å². The van der Waals surface area contributed by atoms with Gasteiger partial charge in [-0.15, -0.1) is 0 Å². The van der Waals surface area contributed by atoms with E-state index in [2.05, 4.69) is 35.8 Å². The lowest BCUT2D eigenvalue weighted by atomic mass is 10.1. The zero-order chi connectivity index (χ0) is 27.5. The molecule has 3 amide bonds. The smallest absolute Gasteiger partial charge is 0.272 e. The number of fused-ring (bicyclic) bond motifs is 2. The SMILES string of the molecule is O=C1COc2ccc(CNC(=O)c3ncnc4c(C(=O)NCc5ccc(N6CCOCC6)cc5)c[nH]c34)cc2N1. The van der Waals surface area contributed by atoms with Gasteiger partial charge in [0.25, 0.3) is 17.7 Å². The van der Waals surface area contributed by atoms with Gasteiger partial charge in [0.1, 0.15) is 17.6 Å². The van der Waals surface area contributed by atoms with Gasteiger partial charge in [-0.05, 0) is 35.4 Å². The van der Waals surface area contributed by atoms with E-state index in [1.54, 1.807) is 18.2 Å². The van der Waals surface area contributed by atoms with Crippen LogP contribution < -0.4 is 25.6 Å². The number of anilines is 2. The number of aromatic nitrogens is 3. The van der Waals surface area contributed by atoms with Crippen LogP contribution in [-0.2, 0) is 22.6 Å². The number of hydrogen-bond donors (Lipinski definition) is 4. The Bertz CT molecular complexity index is 1580. The number of nitrogens with one attached hydrogen (secondary N) is 4. The molecule has 2 aromatic heterocycles. The van der Waals surface area contributed by atoms with Crippen LogP contribution in [0.15, 0.2) is 55.0 Å². The van der Waals surface area contributed by atoms with E-state index in [-0.39, 0.29) is 30.7 Å². The van der Waals surface area contributed by atoms with Crippen molar-refractivity contribution in [1.82, 2.24) is 25.6 Å². The van der Waals surface area contributed by atoms with Gasteiger partial charge in [-0.3, -0.25) is 14.4 Å². The zero-order valence-corrected chi connectivity index (χ0v) is 21.5. The summed E-state index contributed by atoms with van der Waals surface area (Å²) < 4.78 is 10.8. The fraction of sp³-hybridized carbons (Fsp3) is 0.250. The van der Waals surface area contributed by atoms with Crippen LogP contribution in [0.2, 0.25) is 0 Å². The summed E-state index contributed by atoms with van der Waals surface area (Å²) in [6.45, 7) is 3.70. The molecular formula is C28H27N7O5. The highest BCUT2D eigenvalue weighted by Gasteiger charge is 2.20. The van der Waals surface area contributed by atoms with Crippen LogP contribution in [0.1, 0.15) is 32.0 Å². The van der Waals surface area contributed by atoms with Crippen molar-refractivity contribution in [3.63, 3.8) is 0 Å². The Kier molecular flexibility index (Phi) is 6.98. The first kappa shape index (κ1) is 25.3. The first-order valence-electron chi connectivity index (χ1n) is 12.9. The monoisotopic (exact) mass is 541 g/mol. The molecule has 4 N–H and O–H groups in total. The van der Waals surface area contributed by atoms with Crippen molar-refractivity contribution in [2.24, 2.45) is 0 Å². The topological polar surface area (TPSA) is 151 Å². The molecule has 12 heteroatoms. The first-order valence-corrected chi connectivity index (χ1v) is 12.9. The Morgan fingerprint density at radius 3 is 2.52 bits per heavy atom. The Morgan fingerprint density at radius 1 is 0.950 bits per heavy atom. The molecule has 4 heterocycles. The number of amides is 3. The summed E-state index contributed by atoms with van der Waals surface area (Å²) in [7, 11) is 0. The predicted octanol–water partition coefficient (Wildman–Crippen LogP) is 1.99. The van der Waals surface area contributed by atoms with Gasteiger partial charge in [0.15, 0.2) is 12.3 Å². The third-order valence-electron chi connectivity index (χ3n) is 6.82. The number of H-pyrrole nitrogens is 1. The second-order valence-electron chi connectivity index (χ2n) is 9.45. The maximum atomic E-state index is 13.0. The van der Waals surface area contributed by atoms with Crippen LogP contribution >= 0.6 is 0 Å². The van der Waals surface area contributed by atoms with Crippen LogP contribution in [0.4, 0.5) is 11.4 Å². The number of rotatable bonds is 7. The molecule has 0 spiro atoms. The summed E-state index contributed by atoms with van der Waals surface area (Å²) in [5.74, 6) is -0.397. The lowest BCUT2D eigenvalue weighted by Gasteiger charge is -2.28. The second-order valence-corrected chi connectivity index (χ2v) is 9.45. The van der Waals surface area contributed by atoms with E-state index >= 15 is 0 Å². The fourth-order valence-electron chi connectivity index (χ4n) is 4.71. The lowest BCUT2D eigenvalue weighted by Crippen LogP contribution is -2.36. The minimum absolute atomic E-state index is 0.0224. The van der Waals surface area contributed by atoms with Crippen molar-refractivity contribution in [3.05, 3.63) is 77.4 Å². The molecule has 204 valence electrons. The summed E-state index contributed by atoms with van der Waals surface area (Å²) in [6, 6.07) is 13.4. The minimum atomic E-state index is -0.431. The molecule has 0 unspecified atom stereocenters. The van der Waals surface area contributed by atoms with Crippen molar-refractivity contribution < 1.29 is 23.9 Å². The standard InChI is InChI=1S/C28H27N7O5/c36-23-15-40-22-6-3-18(11-21(22)34-23)13-31-28(38)26-25-24(32-16-33-26)20(14-29-25)27(37)30-12-17-1-4-19(5-2-17)35-7-9-39-10-8-35/h1-6,11,14,16,29H,7-10,12-13,15H2,(H,30,37)(H,31,38)(H,34,36). The first-order chi connectivity index (χ1) is 19.5. The zero-order valence-electron chi connectivity index (χ0n) is 21.5. The number of ether oxygens (including phenoxy) is 2. The number of aromatic amines is 1. The van der Waals surface area contributed by atoms with Crippen molar-refractivity contribution >= 4 is 40.1 Å². The molecule has 1 saturated heterocycles. The number of morpholine rings is 1. The van der Waals surface area contributed by atoms with Crippen molar-refractivity contribution in [3.8, 4) is 5.75 Å². The summed E-state index contributed by atoms with van der Waals surface area (Å²) in [5, 5.41) is 8.49. The van der Waals surface area contributed by atoms with Gasteiger partial charge in [0.05, 0.1) is 30.0 Å². The van der Waals surface area contributed by atoms with Gasteiger partial charge in [0, 0.05) is 38.1 Å². The Labute approximate surface area is 229 Å². The molecule has 0 atom stereocenters. The summed E-state index contributed by atoms with van der Waals surface area (Å²) in [6.07, 6.45) is 2.79. The third kappa shape index (κ3) is 5.29. The number of benzene rings is 2. The Hall–Kier alpha value is -4.97. The molecule has 4 aromatic rings. The van der Waals surface area contributed by atoms with E-state index < -0.39 is 5.91 Å². The molecule has 2 aliphatic heterocycles. The van der Waals surface area contributed by atoms with Gasteiger partial charge in [-0.2, -0.15) is 0 Å². The maximum absolute atomic E-state index is 13.0. The Morgan fingerprint density at radius 2 is 1.70 bits per heavy atom. The largest absolute Gasteiger partial charge is 0.482 e. The molecule has 2 aromatic carbocycles. The molecule has 40 heavy (non-hydrogen) atoms. The molecule has 0 aliphatic carbocycles. The average Bonchev–Trinajstić information content (AvgIpc) is 3.44. The molecule has 0 saturated carbocycles. The van der Waals surface area contributed by atoms with Crippen molar-refractivity contribution in [2.45, 2.75) is 13.1 Å². The van der Waals surface area contributed by atoms with E-state index in [1.807, 2.05) is 24.3 Å². The minimum Gasteiger partial charge on any atom is -0.482 e. The normalized spacial score (nSPS) is 14.7. The van der Waals surface area contributed by atoms with Crippen LogP contribution in [0.25, 0.3) is 11.0 Å². The van der Waals surface area contributed by atoms with E-state index in [1.165, 1.54) is 12.5 Å². The number of carbonyl (C=O) groups is 3. The third-order valence-corrected chi connectivity index (χ3v) is 6.82. The van der Waals surface area contributed by atoms with Crippen molar-refractivity contribution in [1.29, 1.82) is 0 Å². The second kappa shape index (κ2) is 11.0. The van der Waals surface area contributed by atoms with E-state index in [0.717, 1.165) is 43.1 Å². The van der Waals surface area contributed by atoms with E-state index in [4.69, 9.17) is 9.47 Å². The maximum Gasteiger partial charge on any atom is 0.272 e. The fourth-order valence-corrected chi connectivity index (χ4v) is 4.71. The van der Waals surface area contributed by atoms with Gasteiger partial charge in [0.2, 0.25) is 0 Å².